The zero-order valence-electron chi connectivity index (χ0n) is 10.6. The summed E-state index contributed by atoms with van der Waals surface area (Å²) in [7, 11) is 0. The summed E-state index contributed by atoms with van der Waals surface area (Å²) in [5.41, 5.74) is 1.93. The van der Waals surface area contributed by atoms with E-state index in [4.69, 9.17) is 22.7 Å². The fourth-order valence-corrected chi connectivity index (χ4v) is 3.43. The summed E-state index contributed by atoms with van der Waals surface area (Å²) in [6.45, 7) is 0. The maximum atomic E-state index is 9.07. The fourth-order valence-electron chi connectivity index (χ4n) is 2.02. The smallest absolute Gasteiger partial charge is 0.176 e. The van der Waals surface area contributed by atoms with E-state index < -0.39 is 5.92 Å². The van der Waals surface area contributed by atoms with Gasteiger partial charge in [-0.3, -0.25) is 4.57 Å². The SMILES string of the molecule is N#CC(C#N)c1ncnc2c1sc(=S)n2-c1ccccc1. The van der Waals surface area contributed by atoms with E-state index in [2.05, 4.69) is 9.97 Å². The first-order valence-corrected chi connectivity index (χ1v) is 7.20. The van der Waals surface area contributed by atoms with Crippen molar-refractivity contribution in [3.05, 3.63) is 46.3 Å². The molecule has 0 saturated heterocycles. The lowest BCUT2D eigenvalue weighted by Crippen LogP contribution is -2.00. The number of thiazole rings is 1. The van der Waals surface area contributed by atoms with Gasteiger partial charge in [0.25, 0.3) is 0 Å². The minimum Gasteiger partial charge on any atom is -0.276 e. The predicted octanol–water partition coefficient (Wildman–Crippen LogP) is 3.34. The second-order valence-corrected chi connectivity index (χ2v) is 5.79. The summed E-state index contributed by atoms with van der Waals surface area (Å²) in [4.78, 5) is 8.36. The van der Waals surface area contributed by atoms with Crippen LogP contribution in [0.2, 0.25) is 0 Å². The molecular weight excluding hydrogens is 302 g/mol. The standard InChI is InChI=1S/C14H7N5S2/c15-6-9(7-16)11-12-13(18-8-17-11)19(14(20)21-12)10-4-2-1-3-5-10/h1-5,8-9H. The Hall–Kier alpha value is -2.61. The van der Waals surface area contributed by atoms with Crippen LogP contribution in [0.25, 0.3) is 16.0 Å². The number of hydrogen-bond donors (Lipinski definition) is 0. The molecule has 0 unspecified atom stereocenters. The van der Waals surface area contributed by atoms with Gasteiger partial charge in [-0.25, -0.2) is 9.97 Å². The first-order valence-electron chi connectivity index (χ1n) is 5.97. The van der Waals surface area contributed by atoms with Gasteiger partial charge in [0.1, 0.15) is 6.33 Å². The Bertz CT molecular complexity index is 929. The molecule has 100 valence electrons. The number of para-hydroxylation sites is 1. The van der Waals surface area contributed by atoms with Gasteiger partial charge in [0.05, 0.1) is 22.5 Å². The van der Waals surface area contributed by atoms with Crippen molar-refractivity contribution in [2.45, 2.75) is 5.92 Å². The minimum absolute atomic E-state index is 0.413. The monoisotopic (exact) mass is 309 g/mol. The van der Waals surface area contributed by atoms with Crippen molar-refractivity contribution in [3.8, 4) is 17.8 Å². The van der Waals surface area contributed by atoms with Crippen molar-refractivity contribution in [1.29, 1.82) is 10.5 Å². The molecule has 0 saturated carbocycles. The van der Waals surface area contributed by atoms with Crippen LogP contribution in [0.4, 0.5) is 0 Å². The van der Waals surface area contributed by atoms with Crippen LogP contribution in [0.5, 0.6) is 0 Å². The van der Waals surface area contributed by atoms with E-state index in [1.807, 2.05) is 47.0 Å². The number of benzene rings is 1. The van der Waals surface area contributed by atoms with Crippen LogP contribution in [-0.4, -0.2) is 14.5 Å². The molecule has 0 aliphatic carbocycles. The van der Waals surface area contributed by atoms with Gasteiger partial charge in [-0.05, 0) is 24.4 Å². The molecule has 1 aromatic carbocycles. The van der Waals surface area contributed by atoms with Crippen molar-refractivity contribution < 1.29 is 0 Å². The van der Waals surface area contributed by atoms with E-state index in [-0.39, 0.29) is 0 Å². The Morgan fingerprint density at radius 2 is 1.86 bits per heavy atom. The van der Waals surface area contributed by atoms with Crippen LogP contribution in [0.15, 0.2) is 36.7 Å². The third-order valence-corrected chi connectivity index (χ3v) is 4.33. The Balaban J connectivity index is 2.34. The van der Waals surface area contributed by atoms with Crippen LogP contribution in [0.3, 0.4) is 0 Å². The highest BCUT2D eigenvalue weighted by molar-refractivity contribution is 7.73. The first-order chi connectivity index (χ1) is 10.3. The van der Waals surface area contributed by atoms with Gasteiger partial charge in [0.15, 0.2) is 15.5 Å². The number of rotatable bonds is 2. The summed E-state index contributed by atoms with van der Waals surface area (Å²) >= 11 is 6.71. The largest absolute Gasteiger partial charge is 0.276 e. The number of nitrogens with zero attached hydrogens (tertiary/aromatic N) is 5. The lowest BCUT2D eigenvalue weighted by molar-refractivity contribution is 0.995. The van der Waals surface area contributed by atoms with Crippen molar-refractivity contribution in [3.63, 3.8) is 0 Å². The van der Waals surface area contributed by atoms with Gasteiger partial charge >= 0.3 is 0 Å². The van der Waals surface area contributed by atoms with Gasteiger partial charge in [-0.15, -0.1) is 11.3 Å². The van der Waals surface area contributed by atoms with Crippen molar-refractivity contribution >= 4 is 33.9 Å². The molecule has 0 aliphatic heterocycles. The average Bonchev–Trinajstić information content (AvgIpc) is 2.86. The number of nitriles is 2. The molecule has 0 atom stereocenters. The molecule has 0 N–H and O–H groups in total. The van der Waals surface area contributed by atoms with Gasteiger partial charge in [0.2, 0.25) is 0 Å². The summed E-state index contributed by atoms with van der Waals surface area (Å²) in [6.07, 6.45) is 1.36. The quantitative estimate of drug-likeness (QED) is 0.678. The van der Waals surface area contributed by atoms with Crippen LogP contribution in [0, 0.1) is 26.6 Å². The van der Waals surface area contributed by atoms with Gasteiger partial charge in [0, 0.05) is 5.69 Å². The van der Waals surface area contributed by atoms with E-state index in [0.717, 1.165) is 5.69 Å². The van der Waals surface area contributed by atoms with Crippen LogP contribution < -0.4 is 0 Å². The molecule has 5 nitrogen and oxygen atoms in total. The topological polar surface area (TPSA) is 78.3 Å². The van der Waals surface area contributed by atoms with Gasteiger partial charge in [-0.2, -0.15) is 10.5 Å². The van der Waals surface area contributed by atoms with Crippen LogP contribution in [-0.2, 0) is 0 Å². The minimum atomic E-state index is -0.923. The molecule has 0 bridgehead atoms. The molecule has 3 rings (SSSR count). The molecule has 7 heteroatoms. The van der Waals surface area contributed by atoms with Crippen molar-refractivity contribution in [2.75, 3.05) is 0 Å². The first kappa shape index (κ1) is 13.4. The lowest BCUT2D eigenvalue weighted by atomic mass is 10.1. The maximum Gasteiger partial charge on any atom is 0.176 e. The van der Waals surface area contributed by atoms with E-state index in [1.165, 1.54) is 17.7 Å². The third kappa shape index (κ3) is 2.19. The molecule has 2 heterocycles. The Kier molecular flexibility index (Phi) is 3.44. The predicted molar refractivity (Wildman–Crippen MR) is 81.5 cm³/mol. The van der Waals surface area contributed by atoms with Gasteiger partial charge < -0.3 is 0 Å². The molecular formula is C14H7N5S2. The molecule has 0 radical (unpaired) electrons. The molecule has 0 spiro atoms. The highest BCUT2D eigenvalue weighted by Gasteiger charge is 2.19. The lowest BCUT2D eigenvalue weighted by Gasteiger charge is -2.04. The normalized spacial score (nSPS) is 10.4. The summed E-state index contributed by atoms with van der Waals surface area (Å²) < 4.78 is 3.11. The zero-order chi connectivity index (χ0) is 14.8. The van der Waals surface area contributed by atoms with Crippen molar-refractivity contribution in [1.82, 2.24) is 14.5 Å². The van der Waals surface area contributed by atoms with E-state index in [1.54, 1.807) is 0 Å². The maximum absolute atomic E-state index is 9.07. The molecule has 0 fully saturated rings. The van der Waals surface area contributed by atoms with E-state index >= 15 is 0 Å². The van der Waals surface area contributed by atoms with Crippen LogP contribution in [0.1, 0.15) is 11.6 Å². The fraction of sp³-hybridized carbons (Fsp3) is 0.0714. The summed E-state index contributed by atoms with van der Waals surface area (Å²) in [6, 6.07) is 13.5. The highest BCUT2D eigenvalue weighted by Crippen LogP contribution is 2.30. The highest BCUT2D eigenvalue weighted by atomic mass is 32.1. The molecule has 3 aromatic rings. The molecule has 0 aliphatic rings. The Labute approximate surface area is 129 Å². The van der Waals surface area contributed by atoms with Crippen LogP contribution >= 0.6 is 23.6 Å². The number of fused-ring (bicyclic) bond motifs is 1. The molecule has 2 aromatic heterocycles. The Morgan fingerprint density at radius 1 is 1.14 bits per heavy atom. The van der Waals surface area contributed by atoms with E-state index in [0.29, 0.717) is 20.0 Å². The van der Waals surface area contributed by atoms with Crippen molar-refractivity contribution in [2.24, 2.45) is 0 Å². The number of aromatic nitrogens is 3. The summed E-state index contributed by atoms with van der Waals surface area (Å²) in [5, 5.41) is 18.1. The third-order valence-electron chi connectivity index (χ3n) is 2.94. The average molecular weight is 309 g/mol. The molecule has 0 amide bonds. The zero-order valence-corrected chi connectivity index (χ0v) is 12.2. The molecule has 21 heavy (non-hydrogen) atoms. The second-order valence-electron chi connectivity index (χ2n) is 4.14. The number of hydrogen-bond acceptors (Lipinski definition) is 6. The van der Waals surface area contributed by atoms with Gasteiger partial charge in [-0.1, -0.05) is 18.2 Å². The second kappa shape index (κ2) is 5.41. The Morgan fingerprint density at radius 3 is 2.52 bits per heavy atom. The summed E-state index contributed by atoms with van der Waals surface area (Å²) in [5.74, 6) is -0.923. The van der Waals surface area contributed by atoms with E-state index in [9.17, 15) is 0 Å².